The molecule has 1 atom stereocenters. The van der Waals surface area contributed by atoms with E-state index in [9.17, 15) is 0 Å². The minimum Gasteiger partial charge on any atom is -0.493 e. The fraction of sp³-hybridized carbons (Fsp3) is 0.160. The Hall–Kier alpha value is -3.55. The van der Waals surface area contributed by atoms with Crippen LogP contribution in [0.2, 0.25) is 10.0 Å². The lowest BCUT2D eigenvalue weighted by Gasteiger charge is -2.15. The summed E-state index contributed by atoms with van der Waals surface area (Å²) in [6, 6.07) is 18.9. The number of anilines is 2. The van der Waals surface area contributed by atoms with Gasteiger partial charge in [-0.1, -0.05) is 58.7 Å². The highest BCUT2D eigenvalue weighted by Gasteiger charge is 2.23. The second-order valence-electron chi connectivity index (χ2n) is 7.64. The SMILES string of the molecule is COc1cc2c(Nc3ccc(Cl)c(Cl)c3)ncnc2cc1OCC1CC(c2ccccc2)=NO1. The zero-order valence-electron chi connectivity index (χ0n) is 18.2. The molecule has 1 aromatic heterocycles. The lowest BCUT2D eigenvalue weighted by molar-refractivity contribution is 0.0463. The number of aromatic nitrogens is 2. The normalized spacial score (nSPS) is 15.0. The summed E-state index contributed by atoms with van der Waals surface area (Å²) in [6.45, 7) is 0.321. The highest BCUT2D eigenvalue weighted by atomic mass is 35.5. The van der Waals surface area contributed by atoms with Crippen molar-refractivity contribution in [1.82, 2.24) is 9.97 Å². The number of ether oxygens (including phenoxy) is 2. The first-order valence-corrected chi connectivity index (χ1v) is 11.3. The number of nitrogens with one attached hydrogen (secondary N) is 1. The van der Waals surface area contributed by atoms with Crippen molar-refractivity contribution in [3.8, 4) is 11.5 Å². The van der Waals surface area contributed by atoms with Crippen molar-refractivity contribution in [2.24, 2.45) is 5.16 Å². The fourth-order valence-electron chi connectivity index (χ4n) is 3.65. The van der Waals surface area contributed by atoms with Crippen LogP contribution in [0.5, 0.6) is 11.5 Å². The summed E-state index contributed by atoms with van der Waals surface area (Å²) < 4.78 is 11.6. The van der Waals surface area contributed by atoms with Crippen molar-refractivity contribution in [3.05, 3.63) is 82.6 Å². The van der Waals surface area contributed by atoms with Gasteiger partial charge in [-0.25, -0.2) is 9.97 Å². The molecule has 7 nitrogen and oxygen atoms in total. The van der Waals surface area contributed by atoms with E-state index in [-0.39, 0.29) is 6.10 Å². The van der Waals surface area contributed by atoms with Crippen molar-refractivity contribution in [2.45, 2.75) is 12.5 Å². The van der Waals surface area contributed by atoms with E-state index in [1.54, 1.807) is 19.2 Å². The summed E-state index contributed by atoms with van der Waals surface area (Å²) in [5.74, 6) is 1.72. The van der Waals surface area contributed by atoms with Crippen molar-refractivity contribution in [1.29, 1.82) is 0 Å². The first kappa shape index (κ1) is 22.3. The Labute approximate surface area is 206 Å². The van der Waals surface area contributed by atoms with E-state index in [2.05, 4.69) is 20.4 Å². The highest BCUT2D eigenvalue weighted by Crippen LogP contribution is 2.36. The van der Waals surface area contributed by atoms with Gasteiger partial charge in [0.2, 0.25) is 0 Å². The molecule has 0 fully saturated rings. The van der Waals surface area contributed by atoms with E-state index < -0.39 is 0 Å². The van der Waals surface area contributed by atoms with Crippen LogP contribution >= 0.6 is 23.2 Å². The van der Waals surface area contributed by atoms with Gasteiger partial charge in [0.15, 0.2) is 17.6 Å². The molecule has 1 aliphatic heterocycles. The Bertz CT molecular complexity index is 1370. The van der Waals surface area contributed by atoms with Gasteiger partial charge in [0.1, 0.15) is 18.8 Å². The van der Waals surface area contributed by atoms with Crippen molar-refractivity contribution < 1.29 is 14.3 Å². The van der Waals surface area contributed by atoms with Crippen LogP contribution in [0.4, 0.5) is 11.5 Å². The average Bonchev–Trinajstić information content (AvgIpc) is 3.34. The first-order valence-electron chi connectivity index (χ1n) is 10.6. The van der Waals surface area contributed by atoms with Gasteiger partial charge in [-0.15, -0.1) is 0 Å². The van der Waals surface area contributed by atoms with Crippen LogP contribution in [-0.4, -0.2) is 35.5 Å². The van der Waals surface area contributed by atoms with Crippen LogP contribution in [0, 0.1) is 0 Å². The maximum Gasteiger partial charge on any atom is 0.167 e. The van der Waals surface area contributed by atoms with Gasteiger partial charge in [-0.05, 0) is 29.8 Å². The van der Waals surface area contributed by atoms with Gasteiger partial charge in [0, 0.05) is 23.6 Å². The molecule has 0 saturated heterocycles. The lowest BCUT2D eigenvalue weighted by atomic mass is 10.1. The predicted molar refractivity (Wildman–Crippen MR) is 134 cm³/mol. The van der Waals surface area contributed by atoms with Crippen LogP contribution in [0.25, 0.3) is 10.9 Å². The second-order valence-corrected chi connectivity index (χ2v) is 8.46. The number of fused-ring (bicyclic) bond motifs is 1. The molecule has 0 radical (unpaired) electrons. The molecule has 1 unspecified atom stereocenters. The Morgan fingerprint density at radius 1 is 1.00 bits per heavy atom. The molecule has 4 aromatic rings. The molecule has 0 saturated carbocycles. The topological polar surface area (TPSA) is 77.9 Å². The number of nitrogens with zero attached hydrogens (tertiary/aromatic N) is 3. The molecule has 0 aliphatic carbocycles. The molecule has 172 valence electrons. The largest absolute Gasteiger partial charge is 0.493 e. The monoisotopic (exact) mass is 494 g/mol. The van der Waals surface area contributed by atoms with Gasteiger partial charge < -0.3 is 19.6 Å². The molecule has 34 heavy (non-hydrogen) atoms. The van der Waals surface area contributed by atoms with Gasteiger partial charge in [-0.3, -0.25) is 0 Å². The van der Waals surface area contributed by atoms with Crippen LogP contribution in [0.15, 0.2) is 72.1 Å². The number of methoxy groups -OCH3 is 1. The Morgan fingerprint density at radius 3 is 2.65 bits per heavy atom. The lowest BCUT2D eigenvalue weighted by Crippen LogP contribution is -2.18. The van der Waals surface area contributed by atoms with E-state index in [0.29, 0.717) is 45.9 Å². The summed E-state index contributed by atoms with van der Waals surface area (Å²) in [5.41, 5.74) is 3.40. The maximum atomic E-state index is 6.14. The zero-order valence-corrected chi connectivity index (χ0v) is 19.7. The minimum atomic E-state index is -0.187. The van der Waals surface area contributed by atoms with Gasteiger partial charge in [-0.2, -0.15) is 0 Å². The van der Waals surface area contributed by atoms with Crippen LogP contribution in [0.3, 0.4) is 0 Å². The molecular weight excluding hydrogens is 475 g/mol. The second kappa shape index (κ2) is 9.75. The molecule has 0 bridgehead atoms. The number of rotatable bonds is 7. The third-order valence-electron chi connectivity index (χ3n) is 5.37. The number of benzene rings is 3. The van der Waals surface area contributed by atoms with E-state index in [4.69, 9.17) is 37.5 Å². The van der Waals surface area contributed by atoms with Crippen LogP contribution in [0.1, 0.15) is 12.0 Å². The molecule has 9 heteroatoms. The van der Waals surface area contributed by atoms with Gasteiger partial charge in [0.25, 0.3) is 0 Å². The zero-order chi connectivity index (χ0) is 23.5. The van der Waals surface area contributed by atoms with Crippen molar-refractivity contribution >= 4 is 51.3 Å². The Morgan fingerprint density at radius 2 is 1.85 bits per heavy atom. The van der Waals surface area contributed by atoms with E-state index in [1.807, 2.05) is 48.5 Å². The van der Waals surface area contributed by atoms with Crippen molar-refractivity contribution in [2.75, 3.05) is 19.0 Å². The third-order valence-corrected chi connectivity index (χ3v) is 6.11. The summed E-state index contributed by atoms with van der Waals surface area (Å²) in [5, 5.41) is 9.17. The summed E-state index contributed by atoms with van der Waals surface area (Å²) in [4.78, 5) is 14.3. The highest BCUT2D eigenvalue weighted by molar-refractivity contribution is 6.42. The Balaban J connectivity index is 1.33. The molecule has 5 rings (SSSR count). The fourth-order valence-corrected chi connectivity index (χ4v) is 3.95. The molecule has 1 N–H and O–H groups in total. The third kappa shape index (κ3) is 4.71. The molecule has 3 aromatic carbocycles. The van der Waals surface area contributed by atoms with E-state index >= 15 is 0 Å². The van der Waals surface area contributed by atoms with Crippen LogP contribution < -0.4 is 14.8 Å². The number of hydrogen-bond acceptors (Lipinski definition) is 7. The van der Waals surface area contributed by atoms with Gasteiger partial charge >= 0.3 is 0 Å². The summed E-state index contributed by atoms with van der Waals surface area (Å²) in [6.07, 6.45) is 1.96. The van der Waals surface area contributed by atoms with Crippen molar-refractivity contribution in [3.63, 3.8) is 0 Å². The summed E-state index contributed by atoms with van der Waals surface area (Å²) in [7, 11) is 1.59. The van der Waals surface area contributed by atoms with E-state index in [1.165, 1.54) is 6.33 Å². The summed E-state index contributed by atoms with van der Waals surface area (Å²) >= 11 is 12.2. The number of halogens is 2. The molecule has 1 aliphatic rings. The minimum absolute atomic E-state index is 0.187. The number of oxime groups is 1. The van der Waals surface area contributed by atoms with E-state index in [0.717, 1.165) is 22.3 Å². The standard InChI is InChI=1S/C25H20Cl2N4O3/c1-32-23-11-18-22(28-14-29-25(18)30-16-7-8-19(26)20(27)9-16)12-24(23)33-13-17-10-21(31-34-17)15-5-3-2-4-6-15/h2-9,11-12,14,17H,10,13H2,1H3,(H,28,29,30). The molecule has 2 heterocycles. The quantitative estimate of drug-likeness (QED) is 0.326. The predicted octanol–water partition coefficient (Wildman–Crippen LogP) is 6.26. The number of hydrogen-bond donors (Lipinski definition) is 1. The molecule has 0 spiro atoms. The Kier molecular flexibility index (Phi) is 6.38. The smallest absolute Gasteiger partial charge is 0.167 e. The first-order chi connectivity index (χ1) is 16.6. The van der Waals surface area contributed by atoms with Gasteiger partial charge in [0.05, 0.1) is 28.4 Å². The van der Waals surface area contributed by atoms with Crippen LogP contribution in [-0.2, 0) is 4.84 Å². The maximum absolute atomic E-state index is 6.14. The molecule has 0 amide bonds. The average molecular weight is 495 g/mol. The molecular formula is C25H20Cl2N4O3.